The topological polar surface area (TPSA) is 49.9 Å². The monoisotopic (exact) mass is 352 g/mol. The second kappa shape index (κ2) is 7.01. The van der Waals surface area contributed by atoms with Gasteiger partial charge in [0.2, 0.25) is 5.91 Å². The normalized spacial score (nSPS) is 15.4. The van der Waals surface area contributed by atoms with Gasteiger partial charge < -0.3 is 14.5 Å². The molecule has 0 spiro atoms. The number of halogens is 1. The molecular weight excluding hydrogens is 328 g/mol. The van der Waals surface area contributed by atoms with Crippen LogP contribution in [0.2, 0.25) is 5.02 Å². The van der Waals surface area contributed by atoms with Gasteiger partial charge in [-0.25, -0.2) is 0 Å². The first-order valence-corrected chi connectivity index (χ1v) is 8.45. The summed E-state index contributed by atoms with van der Waals surface area (Å²) in [6, 6.07) is 3.43. The van der Waals surface area contributed by atoms with Crippen LogP contribution in [0.5, 0.6) is 5.75 Å². The van der Waals surface area contributed by atoms with Gasteiger partial charge in [-0.1, -0.05) is 32.4 Å². The largest absolute Gasteiger partial charge is 0.496 e. The van der Waals surface area contributed by atoms with Crippen LogP contribution in [0.1, 0.15) is 36.7 Å². The summed E-state index contributed by atoms with van der Waals surface area (Å²) in [5.41, 5.74) is 0.925. The molecule has 132 valence electrons. The molecule has 0 saturated carbocycles. The van der Waals surface area contributed by atoms with Crippen molar-refractivity contribution in [2.45, 2.75) is 27.7 Å². The highest BCUT2D eigenvalue weighted by Crippen LogP contribution is 2.28. The van der Waals surface area contributed by atoms with E-state index in [4.69, 9.17) is 16.3 Å². The molecule has 2 amide bonds. The highest BCUT2D eigenvalue weighted by Gasteiger charge is 2.31. The quantitative estimate of drug-likeness (QED) is 0.822. The van der Waals surface area contributed by atoms with Gasteiger partial charge in [-0.2, -0.15) is 0 Å². The molecule has 6 heteroatoms. The third kappa shape index (κ3) is 3.83. The van der Waals surface area contributed by atoms with Crippen LogP contribution in [0.15, 0.2) is 12.1 Å². The number of carbonyl (C=O) groups excluding carboxylic acids is 2. The van der Waals surface area contributed by atoms with Crippen LogP contribution in [-0.4, -0.2) is 54.9 Å². The number of aryl methyl sites for hydroxylation is 1. The molecule has 5 nitrogen and oxygen atoms in total. The maximum Gasteiger partial charge on any atom is 0.257 e. The number of carbonyl (C=O) groups is 2. The number of amides is 2. The lowest BCUT2D eigenvalue weighted by Crippen LogP contribution is -2.53. The molecule has 1 aliphatic heterocycles. The van der Waals surface area contributed by atoms with Gasteiger partial charge in [0.25, 0.3) is 5.91 Å². The third-order valence-electron chi connectivity index (χ3n) is 4.21. The lowest BCUT2D eigenvalue weighted by Gasteiger charge is -2.37. The zero-order chi connectivity index (χ0) is 18.1. The maximum absolute atomic E-state index is 12.8. The summed E-state index contributed by atoms with van der Waals surface area (Å²) < 4.78 is 5.33. The van der Waals surface area contributed by atoms with Crippen molar-refractivity contribution in [2.75, 3.05) is 33.3 Å². The van der Waals surface area contributed by atoms with Crippen molar-refractivity contribution < 1.29 is 14.3 Å². The van der Waals surface area contributed by atoms with Crippen LogP contribution in [0.4, 0.5) is 0 Å². The van der Waals surface area contributed by atoms with Crippen molar-refractivity contribution in [3.05, 3.63) is 28.3 Å². The van der Waals surface area contributed by atoms with Gasteiger partial charge >= 0.3 is 0 Å². The SMILES string of the molecule is COc1cc(C)c(Cl)cc1C(=O)N1CCN(C(=O)C(C)(C)C)CC1. The Morgan fingerprint density at radius 2 is 1.62 bits per heavy atom. The molecule has 1 saturated heterocycles. The maximum atomic E-state index is 12.8. The number of rotatable bonds is 2. The Balaban J connectivity index is 2.11. The average molecular weight is 353 g/mol. The third-order valence-corrected chi connectivity index (χ3v) is 4.61. The van der Waals surface area contributed by atoms with E-state index < -0.39 is 5.41 Å². The van der Waals surface area contributed by atoms with Gasteiger partial charge in [0.05, 0.1) is 12.7 Å². The lowest BCUT2D eigenvalue weighted by atomic mass is 9.94. The Kier molecular flexibility index (Phi) is 5.43. The number of hydrogen-bond acceptors (Lipinski definition) is 3. The van der Waals surface area contributed by atoms with Crippen molar-refractivity contribution in [1.82, 2.24) is 9.80 Å². The van der Waals surface area contributed by atoms with Crippen LogP contribution in [0, 0.1) is 12.3 Å². The van der Waals surface area contributed by atoms with Crippen LogP contribution in [0.25, 0.3) is 0 Å². The van der Waals surface area contributed by atoms with Crippen molar-refractivity contribution in [1.29, 1.82) is 0 Å². The number of ether oxygens (including phenoxy) is 1. The first-order chi connectivity index (χ1) is 11.1. The molecule has 0 unspecified atom stereocenters. The Hall–Kier alpha value is -1.75. The zero-order valence-corrected chi connectivity index (χ0v) is 15.7. The Morgan fingerprint density at radius 1 is 1.08 bits per heavy atom. The van der Waals surface area contributed by atoms with Crippen LogP contribution < -0.4 is 4.74 Å². The second-order valence-electron chi connectivity index (χ2n) is 7.14. The summed E-state index contributed by atoms with van der Waals surface area (Å²) >= 11 is 6.16. The highest BCUT2D eigenvalue weighted by atomic mass is 35.5. The highest BCUT2D eigenvalue weighted by molar-refractivity contribution is 6.31. The molecular formula is C18H25ClN2O3. The Bertz CT molecular complexity index is 644. The summed E-state index contributed by atoms with van der Waals surface area (Å²) in [6.45, 7) is 9.71. The molecule has 24 heavy (non-hydrogen) atoms. The molecule has 1 fully saturated rings. The summed E-state index contributed by atoms with van der Waals surface area (Å²) in [4.78, 5) is 28.7. The summed E-state index contributed by atoms with van der Waals surface area (Å²) in [6.07, 6.45) is 0. The first-order valence-electron chi connectivity index (χ1n) is 8.08. The lowest BCUT2D eigenvalue weighted by molar-refractivity contribution is -0.140. The van der Waals surface area contributed by atoms with E-state index in [1.807, 2.05) is 32.6 Å². The van der Waals surface area contributed by atoms with Gasteiger partial charge in [0.1, 0.15) is 5.75 Å². The van der Waals surface area contributed by atoms with Crippen LogP contribution >= 0.6 is 11.6 Å². The van der Waals surface area contributed by atoms with Crippen molar-refractivity contribution >= 4 is 23.4 Å². The van der Waals surface area contributed by atoms with E-state index in [2.05, 4.69) is 0 Å². The number of nitrogens with zero attached hydrogens (tertiary/aromatic N) is 2. The van der Waals surface area contributed by atoms with Gasteiger partial charge in [0, 0.05) is 36.6 Å². The minimum atomic E-state index is -0.403. The number of piperazine rings is 1. The van der Waals surface area contributed by atoms with Gasteiger partial charge in [-0.05, 0) is 24.6 Å². The van der Waals surface area contributed by atoms with Gasteiger partial charge in [-0.15, -0.1) is 0 Å². The molecule has 0 aliphatic carbocycles. The summed E-state index contributed by atoms with van der Waals surface area (Å²) in [5.74, 6) is 0.525. The Morgan fingerprint density at radius 3 is 2.12 bits per heavy atom. The molecule has 0 atom stereocenters. The molecule has 0 aromatic heterocycles. The predicted molar refractivity (Wildman–Crippen MR) is 94.7 cm³/mol. The molecule has 0 N–H and O–H groups in total. The van der Waals surface area contributed by atoms with E-state index >= 15 is 0 Å². The first kappa shape index (κ1) is 18.6. The van der Waals surface area contributed by atoms with Crippen LogP contribution in [0.3, 0.4) is 0 Å². The standard InChI is InChI=1S/C18H25ClN2O3/c1-12-10-15(24-5)13(11-14(12)19)16(22)20-6-8-21(9-7-20)17(23)18(2,3)4/h10-11H,6-9H2,1-5H3. The van der Waals surface area contributed by atoms with E-state index in [0.717, 1.165) is 5.56 Å². The molecule has 1 heterocycles. The predicted octanol–water partition coefficient (Wildman–Crippen LogP) is 2.99. The van der Waals surface area contributed by atoms with E-state index in [1.54, 1.807) is 24.1 Å². The fraction of sp³-hybridized carbons (Fsp3) is 0.556. The fourth-order valence-electron chi connectivity index (χ4n) is 2.75. The fourth-order valence-corrected chi connectivity index (χ4v) is 2.91. The molecule has 1 aliphatic rings. The van der Waals surface area contributed by atoms with Crippen molar-refractivity contribution in [3.63, 3.8) is 0 Å². The van der Waals surface area contributed by atoms with Gasteiger partial charge in [0.15, 0.2) is 0 Å². The van der Waals surface area contributed by atoms with Crippen LogP contribution in [-0.2, 0) is 4.79 Å². The van der Waals surface area contributed by atoms with Crippen molar-refractivity contribution in [2.24, 2.45) is 5.41 Å². The average Bonchev–Trinajstić information content (AvgIpc) is 2.55. The minimum absolute atomic E-state index is 0.114. The molecule has 1 aromatic rings. The number of benzene rings is 1. The molecule has 0 radical (unpaired) electrons. The van der Waals surface area contributed by atoms with Gasteiger partial charge in [-0.3, -0.25) is 9.59 Å². The smallest absolute Gasteiger partial charge is 0.257 e. The van der Waals surface area contributed by atoms with E-state index in [9.17, 15) is 9.59 Å². The van der Waals surface area contributed by atoms with E-state index in [1.165, 1.54) is 0 Å². The number of hydrogen-bond donors (Lipinski definition) is 0. The molecule has 2 rings (SSSR count). The Labute approximate surface area is 148 Å². The molecule has 1 aromatic carbocycles. The van der Waals surface area contributed by atoms with E-state index in [-0.39, 0.29) is 11.8 Å². The zero-order valence-electron chi connectivity index (χ0n) is 15.0. The number of methoxy groups -OCH3 is 1. The van der Waals surface area contributed by atoms with E-state index in [0.29, 0.717) is 42.5 Å². The molecule has 0 bridgehead atoms. The van der Waals surface area contributed by atoms with Crippen molar-refractivity contribution in [3.8, 4) is 5.75 Å². The summed E-state index contributed by atoms with van der Waals surface area (Å²) in [5, 5.41) is 0.542. The second-order valence-corrected chi connectivity index (χ2v) is 7.54. The minimum Gasteiger partial charge on any atom is -0.496 e. The summed E-state index contributed by atoms with van der Waals surface area (Å²) in [7, 11) is 1.54.